The fourth-order valence-corrected chi connectivity index (χ4v) is 3.08. The molecule has 0 aromatic rings. The number of hydrogen-bond acceptors (Lipinski definition) is 3. The molecule has 0 aromatic carbocycles. The maximum Gasteiger partial charge on any atom is 0.161 e. The second-order valence-electron chi connectivity index (χ2n) is 5.57. The minimum Gasteiger partial charge on any atom is -0.370 e. The third kappa shape index (κ3) is 3.12. The predicted molar refractivity (Wildman–Crippen MR) is 67.5 cm³/mol. The smallest absolute Gasteiger partial charge is 0.161 e. The van der Waals surface area contributed by atoms with E-state index in [0.717, 1.165) is 45.9 Å². The highest BCUT2D eigenvalue weighted by molar-refractivity contribution is 4.91. The van der Waals surface area contributed by atoms with Crippen LogP contribution in [0.2, 0.25) is 0 Å². The number of ether oxygens (including phenoxy) is 3. The van der Waals surface area contributed by atoms with E-state index in [1.165, 1.54) is 12.8 Å². The predicted octanol–water partition coefficient (Wildman–Crippen LogP) is -0.000700. The molecule has 0 bridgehead atoms. The molecule has 4 nitrogen and oxygen atoms in total. The van der Waals surface area contributed by atoms with E-state index >= 15 is 0 Å². The highest BCUT2D eigenvalue weighted by atomic mass is 16.7. The normalized spacial score (nSPS) is 38.1. The summed E-state index contributed by atoms with van der Waals surface area (Å²) in [5.41, 5.74) is 0. The summed E-state index contributed by atoms with van der Waals surface area (Å²) >= 11 is 0. The number of nitrogens with one attached hydrogen (secondary N) is 1. The van der Waals surface area contributed by atoms with Crippen molar-refractivity contribution in [2.45, 2.75) is 31.7 Å². The molecule has 4 heteroatoms. The van der Waals surface area contributed by atoms with Crippen LogP contribution in [-0.2, 0) is 14.2 Å². The van der Waals surface area contributed by atoms with E-state index in [4.69, 9.17) is 14.2 Å². The first kappa shape index (κ1) is 12.6. The van der Waals surface area contributed by atoms with E-state index in [0.29, 0.717) is 5.92 Å². The number of allylic oxidation sites excluding steroid dienone is 2. The maximum absolute atomic E-state index is 6.09. The van der Waals surface area contributed by atoms with Gasteiger partial charge in [-0.25, -0.2) is 0 Å². The Morgan fingerprint density at radius 3 is 2.83 bits per heavy atom. The Morgan fingerprint density at radius 2 is 2.06 bits per heavy atom. The van der Waals surface area contributed by atoms with E-state index in [1.54, 1.807) is 4.90 Å². The van der Waals surface area contributed by atoms with Crippen molar-refractivity contribution >= 4 is 0 Å². The van der Waals surface area contributed by atoms with E-state index in [9.17, 15) is 0 Å². The number of hydrogen-bond donors (Lipinski definition) is 1. The molecule has 0 amide bonds. The monoisotopic (exact) mass is 254 g/mol. The third-order valence-electron chi connectivity index (χ3n) is 4.18. The van der Waals surface area contributed by atoms with Gasteiger partial charge in [-0.15, -0.1) is 0 Å². The second-order valence-corrected chi connectivity index (χ2v) is 5.57. The van der Waals surface area contributed by atoms with E-state index in [1.807, 2.05) is 0 Å². The average Bonchev–Trinajstić information content (AvgIpc) is 2.89. The largest absolute Gasteiger partial charge is 0.370 e. The van der Waals surface area contributed by atoms with Crippen LogP contribution in [0, 0.1) is 5.92 Å². The molecule has 0 saturated carbocycles. The van der Waals surface area contributed by atoms with Gasteiger partial charge in [0, 0.05) is 5.92 Å². The zero-order valence-electron chi connectivity index (χ0n) is 11.0. The van der Waals surface area contributed by atoms with Crippen LogP contribution < -0.4 is 4.90 Å². The molecule has 3 aliphatic rings. The van der Waals surface area contributed by atoms with Gasteiger partial charge in [0.05, 0.1) is 19.8 Å². The Hall–Kier alpha value is -0.420. The highest BCUT2D eigenvalue weighted by Gasteiger charge is 2.34. The fraction of sp³-hybridized carbons (Fsp3) is 0.857. The molecule has 2 heterocycles. The zero-order chi connectivity index (χ0) is 12.2. The van der Waals surface area contributed by atoms with Crippen molar-refractivity contribution in [2.75, 3.05) is 39.5 Å². The van der Waals surface area contributed by atoms with Gasteiger partial charge < -0.3 is 19.1 Å². The van der Waals surface area contributed by atoms with Gasteiger partial charge in [0.2, 0.25) is 0 Å². The van der Waals surface area contributed by atoms with E-state index < -0.39 is 0 Å². The lowest BCUT2D eigenvalue weighted by Crippen LogP contribution is -3.15. The van der Waals surface area contributed by atoms with Crippen molar-refractivity contribution in [1.29, 1.82) is 0 Å². The number of morpholine rings is 1. The maximum atomic E-state index is 6.09. The number of quaternary nitrogens is 1. The number of rotatable bonds is 3. The summed E-state index contributed by atoms with van der Waals surface area (Å²) in [6, 6.07) is 0. The molecule has 0 spiro atoms. The van der Waals surface area contributed by atoms with Gasteiger partial charge in [-0.05, 0) is 19.3 Å². The lowest BCUT2D eigenvalue weighted by atomic mass is 9.94. The summed E-state index contributed by atoms with van der Waals surface area (Å²) in [5.74, 6) is 0.569. The molecule has 102 valence electrons. The summed E-state index contributed by atoms with van der Waals surface area (Å²) in [5, 5.41) is 0. The molecule has 0 unspecified atom stereocenters. The van der Waals surface area contributed by atoms with Crippen LogP contribution in [0.1, 0.15) is 19.3 Å². The molecule has 2 aliphatic heterocycles. The van der Waals surface area contributed by atoms with Crippen LogP contribution in [0.15, 0.2) is 12.2 Å². The van der Waals surface area contributed by atoms with Crippen molar-refractivity contribution < 1.29 is 19.1 Å². The van der Waals surface area contributed by atoms with Gasteiger partial charge in [-0.2, -0.15) is 0 Å². The van der Waals surface area contributed by atoms with Gasteiger partial charge >= 0.3 is 0 Å². The SMILES string of the molecule is C1=CC[C@H]([C@@H]2OC[C@H](C[NH+]3CCOCC3)O2)CC1. The molecule has 18 heavy (non-hydrogen) atoms. The Balaban J connectivity index is 1.44. The van der Waals surface area contributed by atoms with Gasteiger partial charge in [-0.1, -0.05) is 12.2 Å². The Kier molecular flexibility index (Phi) is 4.31. The van der Waals surface area contributed by atoms with Crippen molar-refractivity contribution in [3.8, 4) is 0 Å². The fourth-order valence-electron chi connectivity index (χ4n) is 3.08. The quantitative estimate of drug-likeness (QED) is 0.720. The first-order valence-electron chi connectivity index (χ1n) is 7.25. The van der Waals surface area contributed by atoms with Crippen LogP contribution in [0.25, 0.3) is 0 Å². The van der Waals surface area contributed by atoms with Crippen molar-refractivity contribution in [2.24, 2.45) is 5.92 Å². The Bertz CT molecular complexity index is 289. The summed E-state index contributed by atoms with van der Waals surface area (Å²) in [7, 11) is 0. The van der Waals surface area contributed by atoms with Gasteiger partial charge in [0.25, 0.3) is 0 Å². The van der Waals surface area contributed by atoms with Gasteiger partial charge in [0.15, 0.2) is 6.29 Å². The van der Waals surface area contributed by atoms with Crippen LogP contribution in [-0.4, -0.2) is 51.8 Å². The summed E-state index contributed by atoms with van der Waals surface area (Å²) < 4.78 is 17.3. The topological polar surface area (TPSA) is 32.1 Å². The molecular weight excluding hydrogens is 230 g/mol. The van der Waals surface area contributed by atoms with Crippen molar-refractivity contribution in [3.63, 3.8) is 0 Å². The van der Waals surface area contributed by atoms with Crippen molar-refractivity contribution in [1.82, 2.24) is 0 Å². The van der Waals surface area contributed by atoms with Gasteiger partial charge in [-0.3, -0.25) is 0 Å². The molecule has 2 saturated heterocycles. The zero-order valence-corrected chi connectivity index (χ0v) is 11.0. The molecule has 3 atom stereocenters. The highest BCUT2D eigenvalue weighted by Crippen LogP contribution is 2.28. The van der Waals surface area contributed by atoms with Gasteiger partial charge in [0.1, 0.15) is 25.7 Å². The molecule has 3 rings (SSSR count). The lowest BCUT2D eigenvalue weighted by Gasteiger charge is -2.26. The van der Waals surface area contributed by atoms with Crippen molar-refractivity contribution in [3.05, 3.63) is 12.2 Å². The molecule has 1 aliphatic carbocycles. The van der Waals surface area contributed by atoms with Crippen LogP contribution >= 0.6 is 0 Å². The van der Waals surface area contributed by atoms with E-state index in [-0.39, 0.29) is 12.4 Å². The average molecular weight is 254 g/mol. The van der Waals surface area contributed by atoms with E-state index in [2.05, 4.69) is 12.2 Å². The standard InChI is InChI=1S/C14H23NO3/c1-2-4-12(5-3-1)14-17-11-13(18-14)10-15-6-8-16-9-7-15/h1-2,12-14H,3-11H2/p+1/t12-,13-,14+/m0/s1. The molecule has 0 radical (unpaired) electrons. The summed E-state index contributed by atoms with van der Waals surface area (Å²) in [6.07, 6.45) is 8.35. The van der Waals surface area contributed by atoms with Crippen LogP contribution in [0.4, 0.5) is 0 Å². The lowest BCUT2D eigenvalue weighted by molar-refractivity contribution is -0.910. The summed E-state index contributed by atoms with van der Waals surface area (Å²) in [6.45, 7) is 5.84. The first-order valence-corrected chi connectivity index (χ1v) is 7.25. The molecule has 0 aromatic heterocycles. The van der Waals surface area contributed by atoms with Crippen LogP contribution in [0.3, 0.4) is 0 Å². The Labute approximate surface area is 109 Å². The minimum absolute atomic E-state index is 0.0420. The summed E-state index contributed by atoms with van der Waals surface area (Å²) in [4.78, 5) is 1.60. The Morgan fingerprint density at radius 1 is 1.17 bits per heavy atom. The molecular formula is C14H24NO3+. The molecule has 2 fully saturated rings. The van der Waals surface area contributed by atoms with Crippen LogP contribution in [0.5, 0.6) is 0 Å². The third-order valence-corrected chi connectivity index (χ3v) is 4.18. The first-order chi connectivity index (χ1) is 8.92. The second kappa shape index (κ2) is 6.15. The molecule has 1 N–H and O–H groups in total. The minimum atomic E-state index is 0.0420.